The lowest BCUT2D eigenvalue weighted by Gasteiger charge is -2.35. The van der Waals surface area contributed by atoms with Gasteiger partial charge in [-0.3, -0.25) is 4.99 Å². The number of nitrogens with zero attached hydrogens (tertiary/aromatic N) is 3. The summed E-state index contributed by atoms with van der Waals surface area (Å²) < 4.78 is 5.57. The largest absolute Gasteiger partial charge is 0.478 e. The zero-order valence-electron chi connectivity index (χ0n) is 15.4. The Kier molecular flexibility index (Phi) is 7.31. The molecule has 6 heteroatoms. The van der Waals surface area contributed by atoms with Crippen LogP contribution in [0.25, 0.3) is 0 Å². The second-order valence-electron chi connectivity index (χ2n) is 6.37. The molecular weight excluding hydrogens is 302 g/mol. The molecule has 0 atom stereocenters. The fourth-order valence-corrected chi connectivity index (χ4v) is 2.95. The Labute approximate surface area is 145 Å². The van der Waals surface area contributed by atoms with Gasteiger partial charge in [0.1, 0.15) is 0 Å². The first-order valence-electron chi connectivity index (χ1n) is 8.92. The van der Waals surface area contributed by atoms with Crippen molar-refractivity contribution in [3.05, 3.63) is 23.9 Å². The molecule has 1 aromatic rings. The Morgan fingerprint density at radius 3 is 2.79 bits per heavy atom. The molecule has 0 radical (unpaired) electrons. The molecule has 1 aliphatic rings. The van der Waals surface area contributed by atoms with E-state index in [1.165, 1.54) is 0 Å². The number of hydrogen-bond donors (Lipinski definition) is 2. The second-order valence-corrected chi connectivity index (χ2v) is 6.37. The number of pyridine rings is 1. The standard InChI is InChI=1S/C18H31N5O/c1-5-24-17-15(7-6-10-20-17)13-21-18(19-4)22-16-8-11-23(12-9-16)14(2)3/h6-7,10,14,16H,5,8-9,11-13H2,1-4H3,(H2,19,21,22). The minimum absolute atomic E-state index is 0.478. The van der Waals surface area contributed by atoms with Crippen LogP contribution in [-0.2, 0) is 6.54 Å². The predicted molar refractivity (Wildman–Crippen MR) is 98.5 cm³/mol. The Balaban J connectivity index is 1.83. The number of piperidine rings is 1. The van der Waals surface area contributed by atoms with Gasteiger partial charge in [0.25, 0.3) is 0 Å². The maximum atomic E-state index is 5.57. The number of aromatic nitrogens is 1. The molecule has 0 amide bonds. The number of ether oxygens (including phenoxy) is 1. The van der Waals surface area contributed by atoms with Gasteiger partial charge in [0.2, 0.25) is 5.88 Å². The quantitative estimate of drug-likeness (QED) is 0.616. The van der Waals surface area contributed by atoms with Crippen LogP contribution in [0.2, 0.25) is 0 Å². The second kappa shape index (κ2) is 9.47. The van der Waals surface area contributed by atoms with Crippen molar-refractivity contribution in [3.63, 3.8) is 0 Å². The van der Waals surface area contributed by atoms with Gasteiger partial charge in [-0.25, -0.2) is 4.98 Å². The Hall–Kier alpha value is -1.82. The number of likely N-dealkylation sites (tertiary alicyclic amines) is 1. The molecule has 1 fully saturated rings. The van der Waals surface area contributed by atoms with E-state index < -0.39 is 0 Å². The van der Waals surface area contributed by atoms with Gasteiger partial charge in [0, 0.05) is 50.5 Å². The van der Waals surface area contributed by atoms with Crippen molar-refractivity contribution in [2.45, 2.75) is 52.2 Å². The van der Waals surface area contributed by atoms with Crippen LogP contribution in [-0.4, -0.2) is 54.7 Å². The minimum Gasteiger partial charge on any atom is -0.478 e. The van der Waals surface area contributed by atoms with Crippen LogP contribution in [0.4, 0.5) is 0 Å². The molecule has 1 saturated heterocycles. The molecule has 2 rings (SSSR count). The molecule has 134 valence electrons. The third-order valence-electron chi connectivity index (χ3n) is 4.40. The monoisotopic (exact) mass is 333 g/mol. The highest BCUT2D eigenvalue weighted by Crippen LogP contribution is 2.14. The fraction of sp³-hybridized carbons (Fsp3) is 0.667. The summed E-state index contributed by atoms with van der Waals surface area (Å²) in [5.74, 6) is 1.53. The van der Waals surface area contributed by atoms with Gasteiger partial charge in [-0.2, -0.15) is 0 Å². The molecule has 0 spiro atoms. The van der Waals surface area contributed by atoms with Crippen molar-refractivity contribution in [3.8, 4) is 5.88 Å². The molecule has 2 heterocycles. The molecular formula is C18H31N5O. The Bertz CT molecular complexity index is 524. The molecule has 1 aromatic heterocycles. The summed E-state index contributed by atoms with van der Waals surface area (Å²) in [5.41, 5.74) is 1.04. The number of aliphatic imine (C=N–C) groups is 1. The average molecular weight is 333 g/mol. The molecule has 0 bridgehead atoms. The van der Waals surface area contributed by atoms with E-state index in [1.54, 1.807) is 6.20 Å². The van der Waals surface area contributed by atoms with Crippen LogP contribution in [0.15, 0.2) is 23.3 Å². The lowest BCUT2D eigenvalue weighted by atomic mass is 10.0. The normalized spacial score (nSPS) is 17.1. The van der Waals surface area contributed by atoms with E-state index in [0.717, 1.165) is 37.5 Å². The van der Waals surface area contributed by atoms with Gasteiger partial charge in [-0.15, -0.1) is 0 Å². The van der Waals surface area contributed by atoms with Crippen LogP contribution in [0, 0.1) is 0 Å². The smallest absolute Gasteiger partial charge is 0.218 e. The molecule has 0 saturated carbocycles. The fourth-order valence-electron chi connectivity index (χ4n) is 2.95. The van der Waals surface area contributed by atoms with Crippen LogP contribution in [0.5, 0.6) is 5.88 Å². The summed E-state index contributed by atoms with van der Waals surface area (Å²) in [6.45, 7) is 10.0. The summed E-state index contributed by atoms with van der Waals surface area (Å²) in [7, 11) is 1.81. The van der Waals surface area contributed by atoms with Gasteiger partial charge < -0.3 is 20.3 Å². The third kappa shape index (κ3) is 5.37. The first kappa shape index (κ1) is 18.5. The first-order chi connectivity index (χ1) is 11.6. The van der Waals surface area contributed by atoms with Gasteiger partial charge in [0.05, 0.1) is 6.61 Å². The highest BCUT2D eigenvalue weighted by molar-refractivity contribution is 5.80. The SMILES string of the molecule is CCOc1ncccc1CNC(=NC)NC1CCN(C(C)C)CC1. The van der Waals surface area contributed by atoms with Crippen molar-refractivity contribution >= 4 is 5.96 Å². The van der Waals surface area contributed by atoms with E-state index in [1.807, 2.05) is 26.1 Å². The summed E-state index contributed by atoms with van der Waals surface area (Å²) in [4.78, 5) is 11.2. The molecule has 0 unspecified atom stereocenters. The van der Waals surface area contributed by atoms with Gasteiger partial charge in [-0.05, 0) is 39.7 Å². The van der Waals surface area contributed by atoms with E-state index >= 15 is 0 Å². The highest BCUT2D eigenvalue weighted by atomic mass is 16.5. The topological polar surface area (TPSA) is 61.8 Å². The van der Waals surface area contributed by atoms with Crippen molar-refractivity contribution in [2.75, 3.05) is 26.7 Å². The highest BCUT2D eigenvalue weighted by Gasteiger charge is 2.21. The molecule has 1 aliphatic heterocycles. The zero-order chi connectivity index (χ0) is 17.4. The van der Waals surface area contributed by atoms with E-state index in [9.17, 15) is 0 Å². The summed E-state index contributed by atoms with van der Waals surface area (Å²) in [6.07, 6.45) is 4.05. The van der Waals surface area contributed by atoms with Crippen LogP contribution >= 0.6 is 0 Å². The third-order valence-corrected chi connectivity index (χ3v) is 4.40. The molecule has 24 heavy (non-hydrogen) atoms. The van der Waals surface area contributed by atoms with Crippen LogP contribution in [0.3, 0.4) is 0 Å². The summed E-state index contributed by atoms with van der Waals surface area (Å²) in [6, 6.07) is 5.06. The van der Waals surface area contributed by atoms with Gasteiger partial charge in [0.15, 0.2) is 5.96 Å². The van der Waals surface area contributed by atoms with Crippen molar-refractivity contribution in [1.29, 1.82) is 0 Å². The minimum atomic E-state index is 0.478. The van der Waals surface area contributed by atoms with Crippen LogP contribution < -0.4 is 15.4 Å². The molecule has 6 nitrogen and oxygen atoms in total. The maximum Gasteiger partial charge on any atom is 0.218 e. The summed E-state index contributed by atoms with van der Waals surface area (Å²) >= 11 is 0. The lowest BCUT2D eigenvalue weighted by molar-refractivity contribution is 0.167. The van der Waals surface area contributed by atoms with Crippen molar-refractivity contribution in [2.24, 2.45) is 4.99 Å². The number of nitrogens with one attached hydrogen (secondary N) is 2. The molecule has 0 aromatic carbocycles. The number of hydrogen-bond acceptors (Lipinski definition) is 4. The lowest BCUT2D eigenvalue weighted by Crippen LogP contribution is -2.49. The van der Waals surface area contributed by atoms with Gasteiger partial charge in [-0.1, -0.05) is 6.07 Å². The molecule has 0 aliphatic carbocycles. The first-order valence-corrected chi connectivity index (χ1v) is 8.92. The van der Waals surface area contributed by atoms with E-state index in [4.69, 9.17) is 4.74 Å². The number of guanidine groups is 1. The molecule has 2 N–H and O–H groups in total. The zero-order valence-corrected chi connectivity index (χ0v) is 15.4. The van der Waals surface area contributed by atoms with Crippen molar-refractivity contribution < 1.29 is 4.74 Å². The summed E-state index contributed by atoms with van der Waals surface area (Å²) in [5, 5.41) is 6.91. The maximum absolute atomic E-state index is 5.57. The van der Waals surface area contributed by atoms with Crippen LogP contribution in [0.1, 0.15) is 39.2 Å². The van der Waals surface area contributed by atoms with E-state index in [-0.39, 0.29) is 0 Å². The number of rotatable bonds is 6. The van der Waals surface area contributed by atoms with E-state index in [2.05, 4.69) is 39.4 Å². The Morgan fingerprint density at radius 1 is 1.42 bits per heavy atom. The average Bonchev–Trinajstić information content (AvgIpc) is 2.60. The van der Waals surface area contributed by atoms with Crippen molar-refractivity contribution in [1.82, 2.24) is 20.5 Å². The van der Waals surface area contributed by atoms with E-state index in [0.29, 0.717) is 31.1 Å². The Morgan fingerprint density at radius 2 is 2.17 bits per heavy atom. The predicted octanol–water partition coefficient (Wildman–Crippen LogP) is 2.02. The van der Waals surface area contributed by atoms with Gasteiger partial charge >= 0.3 is 0 Å².